The van der Waals surface area contributed by atoms with Crippen LogP contribution in [0.5, 0.6) is 0 Å². The van der Waals surface area contributed by atoms with Gasteiger partial charge in [-0.3, -0.25) is 9.59 Å². The third-order valence-corrected chi connectivity index (χ3v) is 2.35. The molecule has 86 valence electrons. The number of carbonyl (C=O) groups is 2. The molecule has 1 saturated heterocycles. The third kappa shape index (κ3) is 3.90. The van der Waals surface area contributed by atoms with E-state index in [1.807, 2.05) is 0 Å². The first-order chi connectivity index (χ1) is 7.48. The lowest BCUT2D eigenvalue weighted by Gasteiger charge is -2.32. The molecular weight excluding hydrogens is 196 g/mol. The first-order valence-electron chi connectivity index (χ1n) is 5.94. The van der Waals surface area contributed by atoms with Gasteiger partial charge in [0.2, 0.25) is 0 Å². The van der Waals surface area contributed by atoms with Crippen molar-refractivity contribution in [1.82, 2.24) is 0 Å². The summed E-state index contributed by atoms with van der Waals surface area (Å²) in [7, 11) is 0. The minimum atomic E-state index is -1.54. The normalized spacial score (nSPS) is 31.9. The molecule has 0 atom stereocenters. The Morgan fingerprint density at radius 1 is 1.27 bits per heavy atom. The third-order valence-electron chi connectivity index (χ3n) is 2.35. The van der Waals surface area contributed by atoms with E-state index in [0.717, 1.165) is 25.7 Å². The number of hydrogen-bond acceptors (Lipinski definition) is 4. The van der Waals surface area contributed by atoms with Crippen molar-refractivity contribution < 1.29 is 20.4 Å². The van der Waals surface area contributed by atoms with Crippen LogP contribution in [0.25, 0.3) is 0 Å². The van der Waals surface area contributed by atoms with Gasteiger partial charge in [0.15, 0.2) is 0 Å². The summed E-state index contributed by atoms with van der Waals surface area (Å²) in [4.78, 5) is 22.4. The van der Waals surface area contributed by atoms with Gasteiger partial charge in [0, 0.05) is 13.3 Å². The van der Waals surface area contributed by atoms with Crippen LogP contribution in [0.2, 0.25) is 0 Å². The highest BCUT2D eigenvalue weighted by atomic mass is 16.7. The zero-order valence-electron chi connectivity index (χ0n) is 10.2. The van der Waals surface area contributed by atoms with Crippen molar-refractivity contribution in [3.8, 4) is 0 Å². The number of cyclic esters (lactones) is 2. The highest BCUT2D eigenvalue weighted by Gasteiger charge is 2.38. The van der Waals surface area contributed by atoms with Crippen LogP contribution < -0.4 is 0 Å². The van der Waals surface area contributed by atoms with Crippen molar-refractivity contribution in [2.45, 2.75) is 58.1 Å². The van der Waals surface area contributed by atoms with Gasteiger partial charge in [-0.15, -0.1) is 0 Å². The van der Waals surface area contributed by atoms with Crippen LogP contribution in [0, 0.1) is 0 Å². The summed E-state index contributed by atoms with van der Waals surface area (Å²) in [5.41, 5.74) is 0. The van der Waals surface area contributed by atoms with Crippen molar-refractivity contribution in [3.05, 3.63) is 0 Å². The molecule has 0 amide bonds. The zero-order valence-corrected chi connectivity index (χ0v) is 9.25. The Bertz CT molecular complexity index is 259. The lowest BCUT2D eigenvalue weighted by atomic mass is 10.1. The Morgan fingerprint density at radius 3 is 2.40 bits per heavy atom. The van der Waals surface area contributed by atoms with E-state index in [4.69, 9.17) is 10.8 Å². The first kappa shape index (κ1) is 10.5. The van der Waals surface area contributed by atoms with Gasteiger partial charge in [-0.05, 0) is 6.42 Å². The second-order valence-corrected chi connectivity index (χ2v) is 3.93. The van der Waals surface area contributed by atoms with Crippen LogP contribution in [-0.2, 0) is 19.1 Å². The van der Waals surface area contributed by atoms with Crippen LogP contribution >= 0.6 is 0 Å². The average Bonchev–Trinajstić information content (AvgIpc) is 2.21. The molecule has 1 rings (SSSR count). The highest BCUT2D eigenvalue weighted by Crippen LogP contribution is 2.26. The first-order valence-corrected chi connectivity index (χ1v) is 5.36. The van der Waals surface area contributed by atoms with E-state index in [-0.39, 0.29) is 0 Å². The molecule has 0 saturated carbocycles. The van der Waals surface area contributed by atoms with Crippen LogP contribution in [0.15, 0.2) is 0 Å². The molecule has 4 heteroatoms. The summed E-state index contributed by atoms with van der Waals surface area (Å²) >= 11 is 0. The lowest BCUT2D eigenvalue weighted by molar-refractivity contribution is -0.239. The molecule has 4 nitrogen and oxygen atoms in total. The van der Waals surface area contributed by atoms with E-state index in [2.05, 4.69) is 6.92 Å². The Hall–Kier alpha value is -1.06. The summed E-state index contributed by atoms with van der Waals surface area (Å²) in [5.74, 6) is -2.79. The number of hydrogen-bond donors (Lipinski definition) is 0. The molecule has 0 unspecified atom stereocenters. The van der Waals surface area contributed by atoms with Gasteiger partial charge in [0.1, 0.15) is 6.40 Å². The molecule has 0 bridgehead atoms. The van der Waals surface area contributed by atoms with Crippen molar-refractivity contribution in [1.29, 1.82) is 0 Å². The minimum Gasteiger partial charge on any atom is -0.422 e. The molecule has 0 aromatic carbocycles. The van der Waals surface area contributed by atoms with Gasteiger partial charge in [0.25, 0.3) is 5.79 Å². The van der Waals surface area contributed by atoms with E-state index in [1.54, 1.807) is 6.92 Å². The van der Waals surface area contributed by atoms with Crippen molar-refractivity contribution in [2.75, 3.05) is 0 Å². The number of esters is 2. The lowest BCUT2D eigenvalue weighted by Crippen LogP contribution is -2.42. The standard InChI is InChI=1S/C11H18O4/c1-3-4-5-6-7-11(2)14-9(12)8-10(13)15-11/h3-8H2,1-2H3/i8D. The van der Waals surface area contributed by atoms with Crippen LogP contribution in [0.3, 0.4) is 0 Å². The molecule has 0 spiro atoms. The van der Waals surface area contributed by atoms with E-state index in [1.165, 1.54) is 0 Å². The molecule has 0 aromatic heterocycles. The molecular formula is C11H18O4. The summed E-state index contributed by atoms with van der Waals surface area (Å²) in [6.45, 7) is 3.67. The second-order valence-electron chi connectivity index (χ2n) is 3.93. The average molecular weight is 215 g/mol. The van der Waals surface area contributed by atoms with Gasteiger partial charge in [-0.2, -0.15) is 0 Å². The smallest absolute Gasteiger partial charge is 0.320 e. The molecule has 1 aliphatic rings. The van der Waals surface area contributed by atoms with E-state index in [9.17, 15) is 9.59 Å². The quantitative estimate of drug-likeness (QED) is 0.400. The van der Waals surface area contributed by atoms with Gasteiger partial charge >= 0.3 is 11.9 Å². The second kappa shape index (κ2) is 5.14. The fourth-order valence-electron chi connectivity index (χ4n) is 1.58. The molecule has 0 radical (unpaired) electrons. The van der Waals surface area contributed by atoms with Gasteiger partial charge in [-0.1, -0.05) is 26.2 Å². The number of rotatable bonds is 5. The summed E-state index contributed by atoms with van der Waals surface area (Å²) < 4.78 is 17.1. The van der Waals surface area contributed by atoms with E-state index < -0.39 is 24.1 Å². The maximum atomic E-state index is 11.2. The predicted octanol–water partition coefficient (Wildman–Crippen LogP) is 2.16. The summed E-state index contributed by atoms with van der Waals surface area (Å²) in [6, 6.07) is 0. The molecule has 0 aromatic rings. The molecule has 1 fully saturated rings. The minimum absolute atomic E-state index is 0.497. The van der Waals surface area contributed by atoms with E-state index >= 15 is 0 Å². The SMILES string of the molecule is [2H]C1C(=O)OC(C)(CCCCCC)OC1=O. The van der Waals surface area contributed by atoms with Gasteiger partial charge in [0.05, 0.1) is 1.37 Å². The Morgan fingerprint density at radius 2 is 1.87 bits per heavy atom. The Kier molecular flexibility index (Phi) is 3.59. The topological polar surface area (TPSA) is 52.6 Å². The van der Waals surface area contributed by atoms with Gasteiger partial charge < -0.3 is 9.47 Å². The summed E-state index contributed by atoms with van der Waals surface area (Å²) in [6.07, 6.45) is 3.05. The Balaban J connectivity index is 2.45. The van der Waals surface area contributed by atoms with E-state index in [0.29, 0.717) is 6.42 Å². The molecule has 0 aliphatic carbocycles. The zero-order chi connectivity index (χ0) is 12.2. The fourth-order valence-corrected chi connectivity index (χ4v) is 1.58. The highest BCUT2D eigenvalue weighted by molar-refractivity contribution is 5.93. The van der Waals surface area contributed by atoms with Gasteiger partial charge in [-0.25, -0.2) is 0 Å². The molecule has 0 N–H and O–H groups in total. The van der Waals surface area contributed by atoms with Crippen molar-refractivity contribution in [2.24, 2.45) is 0 Å². The Labute approximate surface area is 91.3 Å². The number of carbonyl (C=O) groups excluding carboxylic acids is 2. The number of ether oxygens (including phenoxy) is 2. The summed E-state index contributed by atoms with van der Waals surface area (Å²) in [5, 5.41) is 0. The van der Waals surface area contributed by atoms with Crippen LogP contribution in [0.1, 0.15) is 53.7 Å². The van der Waals surface area contributed by atoms with Crippen LogP contribution in [-0.4, -0.2) is 17.7 Å². The molecule has 1 aliphatic heterocycles. The number of unbranched alkanes of at least 4 members (excludes halogenated alkanes) is 3. The molecule has 1 heterocycles. The molecule has 15 heavy (non-hydrogen) atoms. The maximum Gasteiger partial charge on any atom is 0.320 e. The van der Waals surface area contributed by atoms with Crippen LogP contribution in [0.4, 0.5) is 0 Å². The predicted molar refractivity (Wildman–Crippen MR) is 54.0 cm³/mol. The van der Waals surface area contributed by atoms with Crippen molar-refractivity contribution >= 4 is 11.9 Å². The van der Waals surface area contributed by atoms with Crippen molar-refractivity contribution in [3.63, 3.8) is 0 Å². The largest absolute Gasteiger partial charge is 0.422 e. The fraction of sp³-hybridized carbons (Fsp3) is 0.818. The maximum absolute atomic E-state index is 11.2. The monoisotopic (exact) mass is 215 g/mol.